The number of benzene rings is 2. The SMILES string of the molecule is Cc1noc(=O)c2ccc(C(=O)C(O)(CC(C)(C)c3cccc(F)c3F)C(F)(F)F)c(N)c12. The highest BCUT2D eigenvalue weighted by molar-refractivity contribution is 6.12. The summed E-state index contributed by atoms with van der Waals surface area (Å²) < 4.78 is 74.9. The summed E-state index contributed by atoms with van der Waals surface area (Å²) in [5.74, 6) is -4.49. The maximum Gasteiger partial charge on any atom is 0.424 e. The van der Waals surface area contributed by atoms with Crippen LogP contribution in [0.15, 0.2) is 39.6 Å². The second-order valence-electron chi connectivity index (χ2n) is 8.35. The minimum Gasteiger partial charge on any atom is -0.398 e. The molecule has 1 aromatic heterocycles. The predicted molar refractivity (Wildman–Crippen MR) is 109 cm³/mol. The zero-order valence-corrected chi connectivity index (χ0v) is 17.7. The summed E-state index contributed by atoms with van der Waals surface area (Å²) in [5.41, 5.74) is -2.50. The fourth-order valence-corrected chi connectivity index (χ4v) is 3.88. The summed E-state index contributed by atoms with van der Waals surface area (Å²) >= 11 is 0. The van der Waals surface area contributed by atoms with Crippen LogP contribution < -0.4 is 11.4 Å². The molecule has 0 amide bonds. The molecule has 2 aromatic carbocycles. The first-order valence-corrected chi connectivity index (χ1v) is 9.59. The number of ketones is 1. The molecule has 0 fully saturated rings. The van der Waals surface area contributed by atoms with Gasteiger partial charge in [-0.3, -0.25) is 4.79 Å². The van der Waals surface area contributed by atoms with E-state index in [1.54, 1.807) is 0 Å². The largest absolute Gasteiger partial charge is 0.424 e. The summed E-state index contributed by atoms with van der Waals surface area (Å²) in [5, 5.41) is 13.9. The van der Waals surface area contributed by atoms with E-state index in [0.717, 1.165) is 44.2 Å². The normalized spacial score (nSPS) is 14.3. The average molecular weight is 470 g/mol. The van der Waals surface area contributed by atoms with Crippen LogP contribution in [0.25, 0.3) is 10.8 Å². The number of aliphatic hydroxyl groups is 1. The number of nitrogens with two attached hydrogens (primary N) is 1. The Morgan fingerprint density at radius 1 is 1.15 bits per heavy atom. The molecule has 0 saturated carbocycles. The van der Waals surface area contributed by atoms with Crippen molar-refractivity contribution in [2.24, 2.45) is 0 Å². The molecule has 6 nitrogen and oxygen atoms in total. The van der Waals surface area contributed by atoms with Crippen molar-refractivity contribution in [1.29, 1.82) is 0 Å². The number of carbonyl (C=O) groups is 1. The van der Waals surface area contributed by atoms with E-state index in [1.807, 2.05) is 0 Å². The number of Topliss-reactive ketones (excluding diaryl/α,β-unsaturated/α-hetero) is 1. The Balaban J connectivity index is 2.18. The van der Waals surface area contributed by atoms with Crippen LogP contribution in [0.1, 0.15) is 41.9 Å². The van der Waals surface area contributed by atoms with Gasteiger partial charge < -0.3 is 15.4 Å². The molecule has 1 atom stereocenters. The van der Waals surface area contributed by atoms with Crippen LogP contribution in [-0.2, 0) is 5.41 Å². The fourth-order valence-electron chi connectivity index (χ4n) is 3.88. The molecular weight excluding hydrogens is 451 g/mol. The van der Waals surface area contributed by atoms with Crippen LogP contribution in [0.2, 0.25) is 0 Å². The Bertz CT molecular complexity index is 1320. The van der Waals surface area contributed by atoms with Gasteiger partial charge in [0, 0.05) is 17.4 Å². The summed E-state index contributed by atoms with van der Waals surface area (Å²) in [4.78, 5) is 25.0. The van der Waals surface area contributed by atoms with Gasteiger partial charge >= 0.3 is 11.8 Å². The molecule has 0 spiro atoms. The van der Waals surface area contributed by atoms with E-state index in [1.165, 1.54) is 6.92 Å². The van der Waals surface area contributed by atoms with Crippen molar-refractivity contribution in [3.8, 4) is 0 Å². The summed E-state index contributed by atoms with van der Waals surface area (Å²) in [6, 6.07) is 4.86. The molecule has 0 saturated heterocycles. The Morgan fingerprint density at radius 3 is 2.39 bits per heavy atom. The number of fused-ring (bicyclic) bond motifs is 1. The summed E-state index contributed by atoms with van der Waals surface area (Å²) in [6.07, 6.45) is -6.84. The fraction of sp³-hybridized carbons (Fsp3) is 0.318. The lowest BCUT2D eigenvalue weighted by Crippen LogP contribution is -2.55. The Morgan fingerprint density at radius 2 is 1.79 bits per heavy atom. The topological polar surface area (TPSA) is 106 Å². The van der Waals surface area contributed by atoms with Gasteiger partial charge in [-0.15, -0.1) is 0 Å². The van der Waals surface area contributed by atoms with Gasteiger partial charge in [-0.1, -0.05) is 31.1 Å². The van der Waals surface area contributed by atoms with Gasteiger partial charge in [0.1, 0.15) is 0 Å². The van der Waals surface area contributed by atoms with Gasteiger partial charge in [0.2, 0.25) is 11.4 Å². The maximum absolute atomic E-state index is 14.3. The number of hydrogen-bond donors (Lipinski definition) is 2. The summed E-state index contributed by atoms with van der Waals surface area (Å²) in [7, 11) is 0. The van der Waals surface area contributed by atoms with Gasteiger partial charge in [-0.05, 0) is 36.1 Å². The number of nitrogen functional groups attached to an aromatic ring is 1. The molecule has 3 aromatic rings. The number of aromatic nitrogens is 1. The van der Waals surface area contributed by atoms with E-state index in [2.05, 4.69) is 9.68 Å². The Labute approximate surface area is 183 Å². The molecule has 0 aliphatic rings. The lowest BCUT2D eigenvalue weighted by atomic mass is 9.72. The predicted octanol–water partition coefficient (Wildman–Crippen LogP) is 4.20. The monoisotopic (exact) mass is 470 g/mol. The molecule has 0 aliphatic carbocycles. The lowest BCUT2D eigenvalue weighted by molar-refractivity contribution is -0.243. The van der Waals surface area contributed by atoms with Gasteiger partial charge in [-0.2, -0.15) is 13.2 Å². The van der Waals surface area contributed by atoms with Crippen LogP contribution in [0, 0.1) is 18.6 Å². The molecule has 0 aliphatic heterocycles. The van der Waals surface area contributed by atoms with Crippen LogP contribution in [-0.4, -0.2) is 27.8 Å². The smallest absolute Gasteiger partial charge is 0.398 e. The van der Waals surface area contributed by atoms with E-state index >= 15 is 0 Å². The van der Waals surface area contributed by atoms with Crippen molar-refractivity contribution in [2.45, 2.75) is 44.4 Å². The molecule has 1 heterocycles. The molecule has 1 unspecified atom stereocenters. The lowest BCUT2D eigenvalue weighted by Gasteiger charge is -2.37. The number of carbonyl (C=O) groups excluding carboxylic acids is 1. The first-order valence-electron chi connectivity index (χ1n) is 9.59. The molecule has 0 radical (unpaired) electrons. The van der Waals surface area contributed by atoms with Crippen molar-refractivity contribution in [3.05, 3.63) is 69.2 Å². The van der Waals surface area contributed by atoms with E-state index in [0.29, 0.717) is 0 Å². The van der Waals surface area contributed by atoms with Crippen LogP contribution >= 0.6 is 0 Å². The number of hydrogen-bond acceptors (Lipinski definition) is 6. The second-order valence-corrected chi connectivity index (χ2v) is 8.35. The number of alkyl halides is 3. The number of anilines is 1. The number of rotatable bonds is 5. The molecule has 176 valence electrons. The van der Waals surface area contributed by atoms with E-state index in [9.17, 15) is 36.6 Å². The number of halogens is 5. The van der Waals surface area contributed by atoms with Crippen LogP contribution in [0.3, 0.4) is 0 Å². The van der Waals surface area contributed by atoms with Gasteiger partial charge in [0.05, 0.1) is 16.8 Å². The summed E-state index contributed by atoms with van der Waals surface area (Å²) in [6.45, 7) is 3.64. The molecule has 33 heavy (non-hydrogen) atoms. The van der Waals surface area contributed by atoms with Crippen molar-refractivity contribution in [3.63, 3.8) is 0 Å². The highest BCUT2D eigenvalue weighted by atomic mass is 19.4. The zero-order chi connectivity index (χ0) is 24.9. The molecule has 0 bridgehead atoms. The third-order valence-corrected chi connectivity index (χ3v) is 5.56. The second kappa shape index (κ2) is 7.91. The number of aryl methyl sites for hydroxylation is 1. The highest BCUT2D eigenvalue weighted by Crippen LogP contribution is 2.44. The minimum atomic E-state index is -5.50. The van der Waals surface area contributed by atoms with Crippen molar-refractivity contribution >= 4 is 22.2 Å². The van der Waals surface area contributed by atoms with Crippen LogP contribution in [0.4, 0.5) is 27.6 Å². The van der Waals surface area contributed by atoms with Gasteiger partial charge in [0.15, 0.2) is 11.6 Å². The van der Waals surface area contributed by atoms with Crippen LogP contribution in [0.5, 0.6) is 0 Å². The van der Waals surface area contributed by atoms with Crippen molar-refractivity contribution in [2.75, 3.05) is 5.73 Å². The molecule has 3 N–H and O–H groups in total. The average Bonchev–Trinajstić information content (AvgIpc) is 2.71. The maximum atomic E-state index is 14.3. The third kappa shape index (κ3) is 3.97. The van der Waals surface area contributed by atoms with E-state index in [4.69, 9.17) is 5.73 Å². The van der Waals surface area contributed by atoms with Crippen molar-refractivity contribution in [1.82, 2.24) is 5.16 Å². The highest BCUT2D eigenvalue weighted by Gasteiger charge is 2.61. The van der Waals surface area contributed by atoms with E-state index < -0.39 is 63.5 Å². The van der Waals surface area contributed by atoms with E-state index in [-0.39, 0.29) is 16.5 Å². The van der Waals surface area contributed by atoms with Gasteiger partial charge in [-0.25, -0.2) is 13.6 Å². The zero-order valence-electron chi connectivity index (χ0n) is 17.7. The molecule has 11 heteroatoms. The Kier molecular flexibility index (Phi) is 5.82. The minimum absolute atomic E-state index is 0.0365. The van der Waals surface area contributed by atoms with Crippen molar-refractivity contribution < 1.29 is 36.4 Å². The quantitative estimate of drug-likeness (QED) is 0.329. The first-order chi connectivity index (χ1) is 15.1. The Hall–Kier alpha value is -3.34. The molecule has 3 rings (SSSR count). The standard InChI is InChI=1S/C22H19F5N2O4/c1-10-15-11(19(31)33-29-10)7-8-12(17(15)28)18(30)21(32,22(25,26)27)9-20(2,3)13-5-4-6-14(23)16(13)24/h4-8,32H,9,28H2,1-3H3. The molecular formula is C22H19F5N2O4. The first kappa shape index (κ1) is 24.3. The third-order valence-electron chi connectivity index (χ3n) is 5.56. The number of nitrogens with zero attached hydrogens (tertiary/aromatic N) is 1. The van der Waals surface area contributed by atoms with Gasteiger partial charge in [0.25, 0.3) is 0 Å².